The number of hydrogen-bond acceptors (Lipinski definition) is 1. The summed E-state index contributed by atoms with van der Waals surface area (Å²) in [5.41, 5.74) is 0. The van der Waals surface area contributed by atoms with Crippen LogP contribution >= 0.6 is 23.2 Å². The van der Waals surface area contributed by atoms with E-state index in [9.17, 15) is 4.39 Å². The van der Waals surface area contributed by atoms with E-state index in [2.05, 4.69) is 0 Å². The van der Waals surface area contributed by atoms with Crippen LogP contribution in [0.5, 0.6) is 0 Å². The minimum absolute atomic E-state index is 0.240. The van der Waals surface area contributed by atoms with Crippen LogP contribution in [-0.2, 0) is 0 Å². The first-order valence-electron chi connectivity index (χ1n) is 1.74. The molecule has 0 spiro atoms. The molecule has 0 saturated carbocycles. The molecule has 0 aliphatic rings. The molecule has 0 fully saturated rings. The molecular formula is C3H5Cl2FO. The Labute approximate surface area is 51.0 Å². The Morgan fingerprint density at radius 2 is 2.00 bits per heavy atom. The summed E-state index contributed by atoms with van der Waals surface area (Å²) in [4.78, 5) is 0. The van der Waals surface area contributed by atoms with Gasteiger partial charge in [-0.15, -0.1) is 0 Å². The first kappa shape index (κ1) is 7.47. The maximum absolute atomic E-state index is 11.8. The molecule has 0 aliphatic carbocycles. The third-order valence-corrected chi connectivity index (χ3v) is 0.773. The van der Waals surface area contributed by atoms with E-state index in [1.807, 2.05) is 0 Å². The third-order valence-electron chi connectivity index (χ3n) is 0.395. The highest BCUT2D eigenvalue weighted by Gasteiger charge is 2.19. The van der Waals surface area contributed by atoms with E-state index < -0.39 is 4.59 Å². The monoisotopic (exact) mass is 146 g/mol. The van der Waals surface area contributed by atoms with Gasteiger partial charge < -0.3 is 5.11 Å². The zero-order chi connectivity index (χ0) is 5.91. The van der Waals surface area contributed by atoms with Gasteiger partial charge in [-0.3, -0.25) is 0 Å². The molecule has 7 heavy (non-hydrogen) atoms. The molecule has 4 heteroatoms. The van der Waals surface area contributed by atoms with Gasteiger partial charge in [0.2, 0.25) is 0 Å². The minimum atomic E-state index is -2.26. The summed E-state index contributed by atoms with van der Waals surface area (Å²) in [6, 6.07) is 0. The Morgan fingerprint density at radius 3 is 2.00 bits per heavy atom. The molecule has 0 aliphatic heterocycles. The normalized spacial score (nSPS) is 12.0. The Balaban J connectivity index is 3.15. The predicted octanol–water partition coefficient (Wildman–Crippen LogP) is 1.47. The van der Waals surface area contributed by atoms with Gasteiger partial charge in [-0.2, -0.15) is 0 Å². The number of aliphatic hydroxyl groups excluding tert-OH is 1. The molecule has 0 aromatic carbocycles. The Bertz CT molecular complexity index is 51.4. The second-order valence-corrected chi connectivity index (χ2v) is 2.48. The Hall–Kier alpha value is 0.470. The molecule has 0 bridgehead atoms. The first-order valence-corrected chi connectivity index (χ1v) is 2.49. The number of hydrogen-bond donors (Lipinski definition) is 1. The van der Waals surface area contributed by atoms with Gasteiger partial charge in [0, 0.05) is 13.0 Å². The topological polar surface area (TPSA) is 20.2 Å². The van der Waals surface area contributed by atoms with Crippen molar-refractivity contribution < 1.29 is 9.50 Å². The Morgan fingerprint density at radius 1 is 1.57 bits per heavy atom. The van der Waals surface area contributed by atoms with Crippen molar-refractivity contribution in [3.63, 3.8) is 0 Å². The SMILES string of the molecule is OCCC(F)(Cl)Cl. The second-order valence-electron chi connectivity index (χ2n) is 1.09. The molecular weight excluding hydrogens is 142 g/mol. The lowest BCUT2D eigenvalue weighted by atomic mass is 10.5. The van der Waals surface area contributed by atoms with Crippen LogP contribution in [0.1, 0.15) is 6.42 Å². The fourth-order valence-electron chi connectivity index (χ4n) is 0.127. The lowest BCUT2D eigenvalue weighted by Gasteiger charge is -2.03. The third kappa shape index (κ3) is 6.47. The van der Waals surface area contributed by atoms with Gasteiger partial charge in [0.15, 0.2) is 0 Å². The molecule has 1 N–H and O–H groups in total. The Kier molecular flexibility index (Phi) is 2.88. The van der Waals surface area contributed by atoms with Gasteiger partial charge in [-0.05, 0) is 0 Å². The van der Waals surface area contributed by atoms with Gasteiger partial charge >= 0.3 is 0 Å². The van der Waals surface area contributed by atoms with Gasteiger partial charge in [0.25, 0.3) is 4.59 Å². The number of aliphatic hydroxyl groups is 1. The van der Waals surface area contributed by atoms with Gasteiger partial charge in [-0.25, -0.2) is 4.39 Å². The molecule has 0 amide bonds. The van der Waals surface area contributed by atoms with E-state index in [0.29, 0.717) is 0 Å². The average molecular weight is 147 g/mol. The van der Waals surface area contributed by atoms with Crippen LogP contribution in [0.4, 0.5) is 4.39 Å². The van der Waals surface area contributed by atoms with E-state index in [0.717, 1.165) is 0 Å². The molecule has 0 radical (unpaired) electrons. The summed E-state index contributed by atoms with van der Waals surface area (Å²) < 4.78 is 9.50. The van der Waals surface area contributed by atoms with Crippen molar-refractivity contribution >= 4 is 23.2 Å². The van der Waals surface area contributed by atoms with E-state index in [4.69, 9.17) is 28.3 Å². The predicted molar refractivity (Wildman–Crippen MR) is 27.2 cm³/mol. The van der Waals surface area contributed by atoms with E-state index in [1.54, 1.807) is 0 Å². The molecule has 0 rings (SSSR count). The highest BCUT2D eigenvalue weighted by Crippen LogP contribution is 2.25. The van der Waals surface area contributed by atoms with Gasteiger partial charge in [0.05, 0.1) is 0 Å². The molecule has 0 heterocycles. The van der Waals surface area contributed by atoms with E-state index >= 15 is 0 Å². The van der Waals surface area contributed by atoms with Gasteiger partial charge in [0.1, 0.15) is 0 Å². The fraction of sp³-hybridized carbons (Fsp3) is 1.00. The second kappa shape index (κ2) is 2.70. The zero-order valence-electron chi connectivity index (χ0n) is 3.50. The van der Waals surface area contributed by atoms with Crippen molar-refractivity contribution in [2.75, 3.05) is 6.61 Å². The lowest BCUT2D eigenvalue weighted by Crippen LogP contribution is -2.05. The van der Waals surface area contributed by atoms with Crippen LogP contribution in [0.3, 0.4) is 0 Å². The first-order chi connectivity index (χ1) is 3.06. The van der Waals surface area contributed by atoms with E-state index in [-0.39, 0.29) is 13.0 Å². The van der Waals surface area contributed by atoms with Crippen LogP contribution < -0.4 is 0 Å². The summed E-state index contributed by atoms with van der Waals surface area (Å²) in [6.45, 7) is -0.330. The van der Waals surface area contributed by atoms with Gasteiger partial charge in [-0.1, -0.05) is 23.2 Å². The van der Waals surface area contributed by atoms with Crippen LogP contribution in [0.2, 0.25) is 0 Å². The quantitative estimate of drug-likeness (QED) is 0.586. The van der Waals surface area contributed by atoms with E-state index in [1.165, 1.54) is 0 Å². The molecule has 1 nitrogen and oxygen atoms in total. The largest absolute Gasteiger partial charge is 0.396 e. The average Bonchev–Trinajstić information content (AvgIpc) is 1.30. The highest BCUT2D eigenvalue weighted by atomic mass is 35.5. The van der Waals surface area contributed by atoms with Crippen molar-refractivity contribution in [2.45, 2.75) is 11.0 Å². The van der Waals surface area contributed by atoms with Crippen molar-refractivity contribution in [1.82, 2.24) is 0 Å². The van der Waals surface area contributed by atoms with Crippen molar-refractivity contribution in [3.05, 3.63) is 0 Å². The molecule has 0 saturated heterocycles. The van der Waals surface area contributed by atoms with Crippen LogP contribution in [-0.4, -0.2) is 16.3 Å². The minimum Gasteiger partial charge on any atom is -0.396 e. The van der Waals surface area contributed by atoms with Crippen molar-refractivity contribution in [3.8, 4) is 0 Å². The summed E-state index contributed by atoms with van der Waals surface area (Å²) in [5, 5.41) is 7.99. The van der Waals surface area contributed by atoms with Crippen molar-refractivity contribution in [1.29, 1.82) is 0 Å². The van der Waals surface area contributed by atoms with Crippen molar-refractivity contribution in [2.24, 2.45) is 0 Å². The highest BCUT2D eigenvalue weighted by molar-refractivity contribution is 6.47. The summed E-state index contributed by atoms with van der Waals surface area (Å²) >= 11 is 9.54. The van der Waals surface area contributed by atoms with Crippen LogP contribution in [0.15, 0.2) is 0 Å². The number of halogens is 3. The lowest BCUT2D eigenvalue weighted by molar-refractivity contribution is 0.240. The summed E-state index contributed by atoms with van der Waals surface area (Å²) in [5.74, 6) is 0. The molecule has 0 aromatic rings. The standard InChI is InChI=1S/C3H5Cl2FO/c4-3(5,6)1-2-7/h7H,1-2H2. The molecule has 0 unspecified atom stereocenters. The maximum Gasteiger partial charge on any atom is 0.259 e. The summed E-state index contributed by atoms with van der Waals surface area (Å²) in [7, 11) is 0. The molecule has 0 atom stereocenters. The smallest absolute Gasteiger partial charge is 0.259 e. The number of rotatable bonds is 2. The zero-order valence-corrected chi connectivity index (χ0v) is 5.01. The molecule has 44 valence electrons. The van der Waals surface area contributed by atoms with Crippen LogP contribution in [0, 0.1) is 0 Å². The molecule has 0 aromatic heterocycles. The fourth-order valence-corrected chi connectivity index (χ4v) is 0.296. The van der Waals surface area contributed by atoms with Crippen LogP contribution in [0.25, 0.3) is 0 Å². The summed E-state index contributed by atoms with van der Waals surface area (Å²) in [6.07, 6.45) is -0.240. The maximum atomic E-state index is 11.8. The number of alkyl halides is 3.